The topological polar surface area (TPSA) is 62.6 Å². The number of carbonyl (C=O) groups is 1. The zero-order valence-corrected chi connectivity index (χ0v) is 9.97. The van der Waals surface area contributed by atoms with Crippen LogP contribution in [0.2, 0.25) is 0 Å². The first-order chi connectivity index (χ1) is 8.09. The number of amides is 1. The van der Waals surface area contributed by atoms with Gasteiger partial charge in [-0.15, -0.1) is 0 Å². The highest BCUT2D eigenvalue weighted by Crippen LogP contribution is 2.14. The highest BCUT2D eigenvalue weighted by molar-refractivity contribution is 5.94. The van der Waals surface area contributed by atoms with Gasteiger partial charge in [-0.25, -0.2) is 4.79 Å². The van der Waals surface area contributed by atoms with E-state index in [0.29, 0.717) is 5.56 Å². The van der Waals surface area contributed by atoms with E-state index in [1.807, 2.05) is 18.7 Å². The van der Waals surface area contributed by atoms with Crippen LogP contribution >= 0.6 is 0 Å². The maximum absolute atomic E-state index is 12.3. The molecule has 1 aromatic rings. The molecule has 0 aromatic carbocycles. The van der Waals surface area contributed by atoms with E-state index in [2.05, 4.69) is 5.32 Å². The summed E-state index contributed by atoms with van der Waals surface area (Å²) in [5, 5.41) is 3.26. The van der Waals surface area contributed by atoms with Crippen molar-refractivity contribution in [3.63, 3.8) is 0 Å². The van der Waals surface area contributed by atoms with Crippen molar-refractivity contribution in [2.75, 3.05) is 13.1 Å². The minimum atomic E-state index is -0.442. The molecule has 0 bridgehead atoms. The van der Waals surface area contributed by atoms with Crippen molar-refractivity contribution in [2.24, 2.45) is 0 Å². The molecule has 2 unspecified atom stereocenters. The van der Waals surface area contributed by atoms with Gasteiger partial charge in [-0.1, -0.05) is 0 Å². The van der Waals surface area contributed by atoms with E-state index >= 15 is 0 Å². The summed E-state index contributed by atoms with van der Waals surface area (Å²) >= 11 is 0. The second-order valence-corrected chi connectivity index (χ2v) is 4.41. The van der Waals surface area contributed by atoms with Crippen molar-refractivity contribution in [1.29, 1.82) is 0 Å². The van der Waals surface area contributed by atoms with Crippen LogP contribution < -0.4 is 10.9 Å². The first-order valence-corrected chi connectivity index (χ1v) is 5.72. The lowest BCUT2D eigenvalue weighted by atomic mass is 10.1. The minimum absolute atomic E-state index is 0.0877. The van der Waals surface area contributed by atoms with Gasteiger partial charge in [-0.3, -0.25) is 4.79 Å². The average molecular weight is 236 g/mol. The van der Waals surface area contributed by atoms with Gasteiger partial charge in [-0.05, 0) is 19.9 Å². The first kappa shape index (κ1) is 11.9. The number of piperazine rings is 1. The standard InChI is InChI=1S/C12H16N2O3/c1-8-5-13-6-9(2)14(8)12(16)10-3-4-11(15)17-7-10/h3-4,7-9,13H,5-6H2,1-2H3. The molecule has 1 aliphatic rings. The summed E-state index contributed by atoms with van der Waals surface area (Å²) in [6, 6.07) is 3.05. The predicted octanol–water partition coefficient (Wildman–Crippen LogP) is 0.462. The maximum atomic E-state index is 12.3. The van der Waals surface area contributed by atoms with Crippen LogP contribution in [0.4, 0.5) is 0 Å². The Hall–Kier alpha value is -1.62. The highest BCUT2D eigenvalue weighted by Gasteiger charge is 2.29. The van der Waals surface area contributed by atoms with Crippen LogP contribution in [0.5, 0.6) is 0 Å². The lowest BCUT2D eigenvalue weighted by Crippen LogP contribution is -2.57. The van der Waals surface area contributed by atoms with Crippen molar-refractivity contribution in [3.8, 4) is 0 Å². The van der Waals surface area contributed by atoms with E-state index in [1.54, 1.807) is 0 Å². The molecule has 1 fully saturated rings. The Morgan fingerprint density at radius 1 is 1.35 bits per heavy atom. The maximum Gasteiger partial charge on any atom is 0.335 e. The van der Waals surface area contributed by atoms with E-state index in [9.17, 15) is 9.59 Å². The summed E-state index contributed by atoms with van der Waals surface area (Å²) in [6.45, 7) is 5.57. The third-order valence-electron chi connectivity index (χ3n) is 3.01. The van der Waals surface area contributed by atoms with Crippen LogP contribution in [-0.4, -0.2) is 36.0 Å². The first-order valence-electron chi connectivity index (χ1n) is 5.72. The van der Waals surface area contributed by atoms with Crippen LogP contribution in [-0.2, 0) is 0 Å². The SMILES string of the molecule is CC1CNCC(C)N1C(=O)c1ccc(=O)oc1. The van der Waals surface area contributed by atoms with E-state index < -0.39 is 5.63 Å². The molecule has 92 valence electrons. The summed E-state index contributed by atoms with van der Waals surface area (Å²) in [7, 11) is 0. The second kappa shape index (κ2) is 4.71. The van der Waals surface area contributed by atoms with Gasteiger partial charge in [0.2, 0.25) is 0 Å². The molecule has 1 amide bonds. The Morgan fingerprint density at radius 2 is 2.00 bits per heavy atom. The monoisotopic (exact) mass is 236 g/mol. The zero-order valence-electron chi connectivity index (χ0n) is 9.97. The number of carbonyl (C=O) groups excluding carboxylic acids is 1. The molecule has 0 radical (unpaired) electrons. The Bertz CT molecular complexity index is 439. The molecule has 1 N–H and O–H groups in total. The third-order valence-corrected chi connectivity index (χ3v) is 3.01. The summed E-state index contributed by atoms with van der Waals surface area (Å²) in [4.78, 5) is 24.9. The van der Waals surface area contributed by atoms with Crippen molar-refractivity contribution >= 4 is 5.91 Å². The van der Waals surface area contributed by atoms with E-state index in [4.69, 9.17) is 4.42 Å². The largest absolute Gasteiger partial charge is 0.430 e. The summed E-state index contributed by atoms with van der Waals surface area (Å²) in [5.41, 5.74) is -0.0202. The smallest absolute Gasteiger partial charge is 0.335 e. The number of rotatable bonds is 1. The summed E-state index contributed by atoms with van der Waals surface area (Å²) in [5.74, 6) is -0.0877. The lowest BCUT2D eigenvalue weighted by molar-refractivity contribution is 0.0541. The Kier molecular flexibility index (Phi) is 3.28. The normalized spacial score (nSPS) is 24.7. The molecule has 1 aliphatic heterocycles. The predicted molar refractivity (Wildman–Crippen MR) is 62.9 cm³/mol. The Morgan fingerprint density at radius 3 is 2.53 bits per heavy atom. The lowest BCUT2D eigenvalue weighted by Gasteiger charge is -2.39. The molecule has 5 nitrogen and oxygen atoms in total. The molecule has 0 spiro atoms. The van der Waals surface area contributed by atoms with Gasteiger partial charge in [0.25, 0.3) is 5.91 Å². The molecule has 5 heteroatoms. The van der Waals surface area contributed by atoms with Gasteiger partial charge in [-0.2, -0.15) is 0 Å². The van der Waals surface area contributed by atoms with Crippen molar-refractivity contribution < 1.29 is 9.21 Å². The van der Waals surface area contributed by atoms with Crippen molar-refractivity contribution in [3.05, 3.63) is 34.4 Å². The summed E-state index contributed by atoms with van der Waals surface area (Å²) < 4.78 is 4.72. The van der Waals surface area contributed by atoms with E-state index in [0.717, 1.165) is 13.1 Å². The van der Waals surface area contributed by atoms with Crippen LogP contribution in [0.25, 0.3) is 0 Å². The molecule has 1 saturated heterocycles. The van der Waals surface area contributed by atoms with Gasteiger partial charge in [0.1, 0.15) is 6.26 Å². The number of hydrogen-bond acceptors (Lipinski definition) is 4. The van der Waals surface area contributed by atoms with E-state index in [-0.39, 0.29) is 18.0 Å². The molecule has 2 heterocycles. The van der Waals surface area contributed by atoms with Crippen LogP contribution in [0, 0.1) is 0 Å². The number of nitrogens with one attached hydrogen (secondary N) is 1. The van der Waals surface area contributed by atoms with Crippen molar-refractivity contribution in [1.82, 2.24) is 10.2 Å². The van der Waals surface area contributed by atoms with Crippen LogP contribution in [0.3, 0.4) is 0 Å². The molecular formula is C12H16N2O3. The zero-order chi connectivity index (χ0) is 12.4. The van der Waals surface area contributed by atoms with Crippen LogP contribution in [0.1, 0.15) is 24.2 Å². The molecule has 1 aromatic heterocycles. The quantitative estimate of drug-likeness (QED) is 0.769. The van der Waals surface area contributed by atoms with Gasteiger partial charge >= 0.3 is 5.63 Å². The molecule has 0 aliphatic carbocycles. The van der Waals surface area contributed by atoms with Gasteiger partial charge in [0.15, 0.2) is 0 Å². The molecule has 2 atom stereocenters. The second-order valence-electron chi connectivity index (χ2n) is 4.41. The minimum Gasteiger partial charge on any atom is -0.430 e. The van der Waals surface area contributed by atoms with Crippen molar-refractivity contribution in [2.45, 2.75) is 25.9 Å². The fourth-order valence-electron chi connectivity index (χ4n) is 2.16. The average Bonchev–Trinajstić information content (AvgIpc) is 2.29. The molecular weight excluding hydrogens is 220 g/mol. The fourth-order valence-corrected chi connectivity index (χ4v) is 2.16. The number of hydrogen-bond donors (Lipinski definition) is 1. The third kappa shape index (κ3) is 2.39. The molecule has 0 saturated carbocycles. The summed E-state index contributed by atoms with van der Waals surface area (Å²) in [6.07, 6.45) is 1.23. The fraction of sp³-hybridized carbons (Fsp3) is 0.500. The van der Waals surface area contributed by atoms with Crippen LogP contribution in [0.15, 0.2) is 27.6 Å². The van der Waals surface area contributed by atoms with E-state index in [1.165, 1.54) is 18.4 Å². The number of nitrogens with zero attached hydrogens (tertiary/aromatic N) is 1. The Labute approximate surface area is 99.4 Å². The molecule has 2 rings (SSSR count). The van der Waals surface area contributed by atoms with Gasteiger partial charge < -0.3 is 14.6 Å². The Balaban J connectivity index is 2.23. The van der Waals surface area contributed by atoms with Gasteiger partial charge in [0, 0.05) is 31.2 Å². The molecule has 17 heavy (non-hydrogen) atoms. The van der Waals surface area contributed by atoms with Gasteiger partial charge in [0.05, 0.1) is 5.56 Å². The highest BCUT2D eigenvalue weighted by atomic mass is 16.4.